The molecule has 0 radical (unpaired) electrons. The highest BCUT2D eigenvalue weighted by molar-refractivity contribution is 5.80. The van der Waals surface area contributed by atoms with Gasteiger partial charge in [0.1, 0.15) is 6.04 Å². The van der Waals surface area contributed by atoms with E-state index in [0.29, 0.717) is 0 Å². The van der Waals surface area contributed by atoms with E-state index < -0.39 is 22.7 Å². The molecule has 0 N–H and O–H groups in total. The molecular weight excluding hydrogens is 256 g/mol. The lowest BCUT2D eigenvalue weighted by Gasteiger charge is -2.09. The Bertz CT molecular complexity index is 714. The van der Waals surface area contributed by atoms with Crippen molar-refractivity contribution in [2.45, 2.75) is 13.0 Å². The van der Waals surface area contributed by atoms with Crippen LogP contribution in [0.5, 0.6) is 0 Å². The topological polar surface area (TPSA) is 105 Å². The molecule has 8 nitrogen and oxygen atoms in total. The molecule has 0 spiro atoms. The van der Waals surface area contributed by atoms with Crippen LogP contribution in [0.25, 0.3) is 11.1 Å². The molecule has 2 rings (SSSR count). The van der Waals surface area contributed by atoms with E-state index in [2.05, 4.69) is 4.74 Å². The summed E-state index contributed by atoms with van der Waals surface area (Å²) in [5, 5.41) is 10.7. The number of esters is 1. The van der Waals surface area contributed by atoms with Gasteiger partial charge in [-0.25, -0.2) is 9.59 Å². The highest BCUT2D eigenvalue weighted by Gasteiger charge is 2.23. The van der Waals surface area contributed by atoms with E-state index in [0.717, 1.165) is 4.57 Å². The Morgan fingerprint density at radius 1 is 1.53 bits per heavy atom. The molecule has 0 saturated heterocycles. The average molecular weight is 266 g/mol. The van der Waals surface area contributed by atoms with Gasteiger partial charge in [-0.05, 0) is 13.0 Å². The second-order valence-electron chi connectivity index (χ2n) is 3.85. The fraction of sp³-hybridized carbons (Fsp3) is 0.273. The van der Waals surface area contributed by atoms with Crippen molar-refractivity contribution in [3.63, 3.8) is 0 Å². The van der Waals surface area contributed by atoms with Crippen LogP contribution in [0.2, 0.25) is 0 Å². The first-order chi connectivity index (χ1) is 8.95. The number of fused-ring (bicyclic) bond motifs is 1. The minimum absolute atomic E-state index is 0.173. The predicted molar refractivity (Wildman–Crippen MR) is 63.9 cm³/mol. The molecule has 8 heteroatoms. The molecule has 1 atom stereocenters. The molecule has 1 unspecified atom stereocenters. The maximum absolute atomic E-state index is 11.7. The smallest absolute Gasteiger partial charge is 0.420 e. The van der Waals surface area contributed by atoms with E-state index in [9.17, 15) is 19.7 Å². The zero-order chi connectivity index (χ0) is 14.2. The molecule has 0 fully saturated rings. The second kappa shape index (κ2) is 4.56. The summed E-state index contributed by atoms with van der Waals surface area (Å²) < 4.78 is 10.5. The molecule has 1 heterocycles. The Kier molecular flexibility index (Phi) is 3.07. The number of rotatable bonds is 3. The van der Waals surface area contributed by atoms with Crippen molar-refractivity contribution in [2.75, 3.05) is 7.11 Å². The van der Waals surface area contributed by atoms with Crippen molar-refractivity contribution < 1.29 is 18.9 Å². The molecule has 2 aromatic rings. The molecule has 1 aromatic heterocycles. The number of ether oxygens (including phenoxy) is 1. The first kappa shape index (κ1) is 12.8. The first-order valence-electron chi connectivity index (χ1n) is 5.33. The largest absolute Gasteiger partial charge is 0.467 e. The number of benzene rings is 1. The number of non-ortho nitro benzene ring substituents is 1. The fourth-order valence-electron chi connectivity index (χ4n) is 1.78. The lowest BCUT2D eigenvalue weighted by molar-refractivity contribution is -0.384. The van der Waals surface area contributed by atoms with Crippen LogP contribution in [0.4, 0.5) is 5.69 Å². The Morgan fingerprint density at radius 2 is 2.21 bits per heavy atom. The van der Waals surface area contributed by atoms with Crippen LogP contribution in [0.1, 0.15) is 13.0 Å². The molecule has 100 valence electrons. The van der Waals surface area contributed by atoms with Crippen LogP contribution in [-0.2, 0) is 9.53 Å². The van der Waals surface area contributed by atoms with Crippen LogP contribution in [-0.4, -0.2) is 22.6 Å². The number of hydrogen-bond acceptors (Lipinski definition) is 6. The quantitative estimate of drug-likeness (QED) is 0.470. The van der Waals surface area contributed by atoms with Gasteiger partial charge in [-0.15, -0.1) is 0 Å². The van der Waals surface area contributed by atoms with Crippen molar-refractivity contribution in [2.24, 2.45) is 0 Å². The highest BCUT2D eigenvalue weighted by atomic mass is 16.6. The Labute approximate surface area is 106 Å². The third kappa shape index (κ3) is 2.07. The minimum atomic E-state index is -0.930. The van der Waals surface area contributed by atoms with E-state index in [-0.39, 0.29) is 16.8 Å². The van der Waals surface area contributed by atoms with Crippen molar-refractivity contribution in [3.8, 4) is 0 Å². The number of hydrogen-bond donors (Lipinski definition) is 0. The molecule has 0 aliphatic rings. The second-order valence-corrected chi connectivity index (χ2v) is 3.85. The number of nitro groups is 1. The number of aromatic nitrogens is 1. The number of carbonyl (C=O) groups is 1. The number of oxazole rings is 1. The molecule has 0 saturated carbocycles. The van der Waals surface area contributed by atoms with Crippen molar-refractivity contribution >= 4 is 22.8 Å². The van der Waals surface area contributed by atoms with Crippen molar-refractivity contribution in [1.29, 1.82) is 0 Å². The molecule has 0 amide bonds. The third-order valence-corrected chi connectivity index (χ3v) is 2.74. The summed E-state index contributed by atoms with van der Waals surface area (Å²) in [6.07, 6.45) is 0. The maximum atomic E-state index is 11.7. The van der Waals surface area contributed by atoms with Gasteiger partial charge in [0.15, 0.2) is 5.58 Å². The average Bonchev–Trinajstić information content (AvgIpc) is 2.71. The standard InChI is InChI=1S/C11H10N2O6/c1-6(10(14)18-2)12-8-5-7(13(16)17)3-4-9(8)19-11(12)15/h3-6H,1-2H3. The van der Waals surface area contributed by atoms with Gasteiger partial charge in [0, 0.05) is 12.1 Å². The number of carbonyl (C=O) groups excluding carboxylic acids is 1. The number of nitrogens with zero attached hydrogens (tertiary/aromatic N) is 2. The first-order valence-corrected chi connectivity index (χ1v) is 5.33. The van der Waals surface area contributed by atoms with Crippen LogP contribution < -0.4 is 5.76 Å². The molecule has 0 bridgehead atoms. The zero-order valence-corrected chi connectivity index (χ0v) is 10.2. The van der Waals surface area contributed by atoms with E-state index in [1.165, 1.54) is 32.2 Å². The van der Waals surface area contributed by atoms with Gasteiger partial charge in [-0.3, -0.25) is 14.7 Å². The van der Waals surface area contributed by atoms with Crippen LogP contribution in [0.15, 0.2) is 27.4 Å². The van der Waals surface area contributed by atoms with Crippen LogP contribution in [0.3, 0.4) is 0 Å². The SMILES string of the molecule is COC(=O)C(C)n1c(=O)oc2ccc([N+](=O)[O-])cc21. The molecule has 1 aromatic carbocycles. The summed E-state index contributed by atoms with van der Waals surface area (Å²) in [4.78, 5) is 33.3. The summed E-state index contributed by atoms with van der Waals surface area (Å²) in [5.41, 5.74) is 0.155. The van der Waals surface area contributed by atoms with Gasteiger partial charge in [0.05, 0.1) is 17.5 Å². The van der Waals surface area contributed by atoms with Crippen LogP contribution in [0, 0.1) is 10.1 Å². The summed E-state index contributed by atoms with van der Waals surface area (Å²) in [6.45, 7) is 1.45. The monoisotopic (exact) mass is 266 g/mol. The van der Waals surface area contributed by atoms with Gasteiger partial charge in [0.2, 0.25) is 0 Å². The van der Waals surface area contributed by atoms with E-state index in [1.54, 1.807) is 0 Å². The Hall–Kier alpha value is -2.64. The van der Waals surface area contributed by atoms with E-state index in [4.69, 9.17) is 4.42 Å². The third-order valence-electron chi connectivity index (χ3n) is 2.74. The minimum Gasteiger partial charge on any atom is -0.467 e. The Balaban J connectivity index is 2.69. The summed E-state index contributed by atoms with van der Waals surface area (Å²) in [6, 6.07) is 2.79. The highest BCUT2D eigenvalue weighted by Crippen LogP contribution is 2.22. The zero-order valence-electron chi connectivity index (χ0n) is 10.2. The summed E-state index contributed by atoms with van der Waals surface area (Å²) in [7, 11) is 1.19. The molecule has 0 aliphatic carbocycles. The summed E-state index contributed by atoms with van der Waals surface area (Å²) >= 11 is 0. The van der Waals surface area contributed by atoms with E-state index >= 15 is 0 Å². The lowest BCUT2D eigenvalue weighted by atomic mass is 10.2. The van der Waals surface area contributed by atoms with Crippen molar-refractivity contribution in [3.05, 3.63) is 38.9 Å². The molecule has 19 heavy (non-hydrogen) atoms. The van der Waals surface area contributed by atoms with Gasteiger partial charge < -0.3 is 9.15 Å². The van der Waals surface area contributed by atoms with Gasteiger partial charge in [-0.1, -0.05) is 0 Å². The van der Waals surface area contributed by atoms with Gasteiger partial charge in [-0.2, -0.15) is 0 Å². The van der Waals surface area contributed by atoms with Crippen molar-refractivity contribution in [1.82, 2.24) is 4.57 Å². The molecular formula is C11H10N2O6. The van der Waals surface area contributed by atoms with E-state index in [1.807, 2.05) is 0 Å². The summed E-state index contributed by atoms with van der Waals surface area (Å²) in [5.74, 6) is -1.41. The lowest BCUT2D eigenvalue weighted by Crippen LogP contribution is -2.25. The van der Waals surface area contributed by atoms with Gasteiger partial charge >= 0.3 is 11.7 Å². The normalized spacial score (nSPS) is 12.3. The fourth-order valence-corrected chi connectivity index (χ4v) is 1.78. The number of nitro benzene ring substituents is 1. The van der Waals surface area contributed by atoms with Crippen LogP contribution >= 0.6 is 0 Å². The van der Waals surface area contributed by atoms with Gasteiger partial charge in [0.25, 0.3) is 5.69 Å². The molecule has 0 aliphatic heterocycles. The predicted octanol–water partition coefficient (Wildman–Crippen LogP) is 1.24. The maximum Gasteiger partial charge on any atom is 0.420 e. The Morgan fingerprint density at radius 3 is 2.79 bits per heavy atom. The number of methoxy groups -OCH3 is 1.